The summed E-state index contributed by atoms with van der Waals surface area (Å²) in [5.74, 6) is 0. The molecule has 1 heterocycles. The number of carbonyl (C=O) groups excluding carboxylic acids is 1. The second-order valence-electron chi connectivity index (χ2n) is 2.53. The van der Waals surface area contributed by atoms with Crippen molar-refractivity contribution in [3.8, 4) is 11.3 Å². The second kappa shape index (κ2) is 3.18. The Morgan fingerprint density at radius 1 is 1.23 bits per heavy atom. The highest BCUT2D eigenvalue weighted by Crippen LogP contribution is 2.15. The summed E-state index contributed by atoms with van der Waals surface area (Å²) in [5.41, 5.74) is 2.18. The number of carbonyl (C=O) groups is 1. The fourth-order valence-electron chi connectivity index (χ4n) is 1.02. The Labute approximate surface area is 74.2 Å². The van der Waals surface area contributed by atoms with Crippen LogP contribution in [0, 0.1) is 0 Å². The zero-order valence-corrected chi connectivity index (χ0v) is 6.68. The first kappa shape index (κ1) is 7.67. The fourth-order valence-corrected chi connectivity index (χ4v) is 1.02. The zero-order valence-electron chi connectivity index (χ0n) is 6.68. The molecule has 0 atom stereocenters. The second-order valence-corrected chi connectivity index (χ2v) is 2.53. The molecule has 13 heavy (non-hydrogen) atoms. The lowest BCUT2D eigenvalue weighted by atomic mass is 10.1. The molecule has 0 N–H and O–H groups in total. The van der Waals surface area contributed by atoms with Crippen molar-refractivity contribution in [2.45, 2.75) is 0 Å². The molecule has 0 unspecified atom stereocenters. The van der Waals surface area contributed by atoms with Crippen molar-refractivity contribution in [1.82, 2.24) is 10.4 Å². The molecule has 0 saturated carbocycles. The van der Waals surface area contributed by atoms with E-state index in [2.05, 4.69) is 14.9 Å². The summed E-state index contributed by atoms with van der Waals surface area (Å²) in [7, 11) is 0. The molecule has 0 bridgehead atoms. The number of nitrogens with zero attached hydrogens (tertiary/aromatic N) is 2. The summed E-state index contributed by atoms with van der Waals surface area (Å²) in [4.78, 5) is 10.4. The summed E-state index contributed by atoms with van der Waals surface area (Å²) in [6, 6.07) is 7.03. The summed E-state index contributed by atoms with van der Waals surface area (Å²) in [6.45, 7) is 0. The maximum atomic E-state index is 10.4. The summed E-state index contributed by atoms with van der Waals surface area (Å²) < 4.78 is 4.59. The van der Waals surface area contributed by atoms with E-state index in [0.29, 0.717) is 11.3 Å². The lowest BCUT2D eigenvalue weighted by molar-refractivity contribution is 0.112. The monoisotopic (exact) mass is 174 g/mol. The molecule has 0 fully saturated rings. The number of benzene rings is 1. The fraction of sp³-hybridized carbons (Fsp3) is 0. The van der Waals surface area contributed by atoms with E-state index < -0.39 is 0 Å². The van der Waals surface area contributed by atoms with Gasteiger partial charge in [-0.1, -0.05) is 24.3 Å². The minimum Gasteiger partial charge on any atom is -0.345 e. The topological polar surface area (TPSA) is 56.0 Å². The van der Waals surface area contributed by atoms with Crippen LogP contribution >= 0.6 is 0 Å². The molecule has 1 aromatic heterocycles. The van der Waals surface area contributed by atoms with Gasteiger partial charge in [-0.25, -0.2) is 0 Å². The van der Waals surface area contributed by atoms with Crippen molar-refractivity contribution in [2.75, 3.05) is 0 Å². The van der Waals surface area contributed by atoms with Crippen LogP contribution in [-0.2, 0) is 0 Å². The highest BCUT2D eigenvalue weighted by atomic mass is 16.5. The number of hydrogen-bond donors (Lipinski definition) is 0. The molecule has 0 spiro atoms. The smallest absolute Gasteiger partial charge is 0.152 e. The van der Waals surface area contributed by atoms with Crippen LogP contribution in [0.3, 0.4) is 0 Å². The molecule has 1 aromatic carbocycles. The Balaban J connectivity index is 2.38. The maximum Gasteiger partial charge on any atom is 0.152 e. The highest BCUT2D eigenvalue weighted by Gasteiger charge is 2.00. The van der Waals surface area contributed by atoms with Crippen LogP contribution in [0.5, 0.6) is 0 Å². The molecule has 0 aliphatic heterocycles. The molecule has 0 aliphatic carbocycles. The van der Waals surface area contributed by atoms with E-state index in [1.807, 2.05) is 0 Å². The van der Waals surface area contributed by atoms with Crippen LogP contribution in [0.2, 0.25) is 0 Å². The van der Waals surface area contributed by atoms with Crippen molar-refractivity contribution in [3.05, 3.63) is 36.1 Å². The quantitative estimate of drug-likeness (QED) is 0.648. The number of hydrogen-bond acceptors (Lipinski definition) is 4. The summed E-state index contributed by atoms with van der Waals surface area (Å²) in [5, 5.41) is 7.08. The first-order chi connectivity index (χ1) is 6.40. The van der Waals surface area contributed by atoms with E-state index in [1.54, 1.807) is 24.3 Å². The van der Waals surface area contributed by atoms with Crippen LogP contribution in [0.4, 0.5) is 0 Å². The molecule has 4 heteroatoms. The van der Waals surface area contributed by atoms with Crippen molar-refractivity contribution < 1.29 is 9.32 Å². The number of rotatable bonds is 2. The Kier molecular flexibility index (Phi) is 1.88. The average Bonchev–Trinajstić information content (AvgIpc) is 2.71. The van der Waals surface area contributed by atoms with E-state index in [4.69, 9.17) is 0 Å². The summed E-state index contributed by atoms with van der Waals surface area (Å²) >= 11 is 0. The van der Waals surface area contributed by atoms with Crippen LogP contribution in [0.25, 0.3) is 11.3 Å². The normalized spacial score (nSPS) is 9.85. The van der Waals surface area contributed by atoms with Gasteiger partial charge in [-0.2, -0.15) is 0 Å². The largest absolute Gasteiger partial charge is 0.345 e. The molecular formula is C9H6N2O2. The van der Waals surface area contributed by atoms with Gasteiger partial charge in [0.05, 0.1) is 0 Å². The van der Waals surface area contributed by atoms with Crippen molar-refractivity contribution in [1.29, 1.82) is 0 Å². The van der Waals surface area contributed by atoms with Gasteiger partial charge in [0, 0.05) is 16.4 Å². The predicted molar refractivity (Wildman–Crippen MR) is 45.1 cm³/mol. The standard InChI is InChI=1S/C9H6N2O2/c12-5-7-1-3-8(4-2-7)9-6-13-11-10-9/h1-6H. The number of aldehydes is 1. The molecule has 2 rings (SSSR count). The van der Waals surface area contributed by atoms with E-state index in [-0.39, 0.29) is 0 Å². The molecule has 4 nitrogen and oxygen atoms in total. The van der Waals surface area contributed by atoms with E-state index in [0.717, 1.165) is 11.8 Å². The Hall–Kier alpha value is -1.97. The lowest BCUT2D eigenvalue weighted by Gasteiger charge is -1.93. The van der Waals surface area contributed by atoms with Crippen molar-refractivity contribution in [3.63, 3.8) is 0 Å². The van der Waals surface area contributed by atoms with E-state index >= 15 is 0 Å². The molecule has 0 saturated heterocycles. The van der Waals surface area contributed by atoms with Gasteiger partial charge in [0.25, 0.3) is 0 Å². The lowest BCUT2D eigenvalue weighted by Crippen LogP contribution is -1.81. The molecule has 2 aromatic rings. The molecule has 0 radical (unpaired) electrons. The van der Waals surface area contributed by atoms with Gasteiger partial charge in [0.2, 0.25) is 0 Å². The van der Waals surface area contributed by atoms with E-state index in [1.165, 1.54) is 6.26 Å². The Morgan fingerprint density at radius 2 is 2.00 bits per heavy atom. The molecular weight excluding hydrogens is 168 g/mol. The van der Waals surface area contributed by atoms with Gasteiger partial charge in [0.1, 0.15) is 12.0 Å². The molecule has 64 valence electrons. The first-order valence-corrected chi connectivity index (χ1v) is 3.73. The first-order valence-electron chi connectivity index (χ1n) is 3.73. The van der Waals surface area contributed by atoms with Crippen LogP contribution in [0.1, 0.15) is 10.4 Å². The van der Waals surface area contributed by atoms with Crippen LogP contribution in [-0.4, -0.2) is 16.7 Å². The Bertz CT molecular complexity index is 392. The third-order valence-corrected chi connectivity index (χ3v) is 1.70. The third kappa shape index (κ3) is 1.46. The van der Waals surface area contributed by atoms with Crippen LogP contribution < -0.4 is 0 Å². The maximum absolute atomic E-state index is 10.4. The highest BCUT2D eigenvalue weighted by molar-refractivity contribution is 5.76. The van der Waals surface area contributed by atoms with Gasteiger partial charge in [0.15, 0.2) is 6.26 Å². The minimum atomic E-state index is 0.639. The van der Waals surface area contributed by atoms with Crippen molar-refractivity contribution >= 4 is 6.29 Å². The third-order valence-electron chi connectivity index (χ3n) is 1.70. The minimum absolute atomic E-state index is 0.639. The predicted octanol–water partition coefficient (Wildman–Crippen LogP) is 1.55. The van der Waals surface area contributed by atoms with Gasteiger partial charge in [-0.15, -0.1) is 5.10 Å². The van der Waals surface area contributed by atoms with Gasteiger partial charge in [-0.05, 0) is 0 Å². The zero-order chi connectivity index (χ0) is 9.10. The van der Waals surface area contributed by atoms with Crippen molar-refractivity contribution in [2.24, 2.45) is 0 Å². The molecule has 0 amide bonds. The van der Waals surface area contributed by atoms with Crippen LogP contribution in [0.15, 0.2) is 35.1 Å². The SMILES string of the molecule is O=Cc1ccc(-c2conn2)cc1. The summed E-state index contributed by atoms with van der Waals surface area (Å²) in [6.07, 6.45) is 2.25. The Morgan fingerprint density at radius 3 is 2.54 bits per heavy atom. The average molecular weight is 174 g/mol. The van der Waals surface area contributed by atoms with Gasteiger partial charge in [-0.3, -0.25) is 4.79 Å². The van der Waals surface area contributed by atoms with Gasteiger partial charge >= 0.3 is 0 Å². The molecule has 0 aliphatic rings. The number of aromatic nitrogens is 2. The van der Waals surface area contributed by atoms with E-state index in [9.17, 15) is 4.79 Å². The van der Waals surface area contributed by atoms with Gasteiger partial charge < -0.3 is 4.52 Å².